The molecule has 2 aromatic carbocycles. The van der Waals surface area contributed by atoms with E-state index in [0.717, 1.165) is 0 Å². The minimum atomic E-state index is -3.78. The third-order valence-electron chi connectivity index (χ3n) is 3.83. The number of aliphatic imine (C=N–C) groups is 1. The third kappa shape index (κ3) is 4.16. The first-order valence-electron chi connectivity index (χ1n) is 7.71. The van der Waals surface area contributed by atoms with Gasteiger partial charge in [0.05, 0.1) is 26.2 Å². The van der Waals surface area contributed by atoms with E-state index in [1.54, 1.807) is 6.92 Å². The summed E-state index contributed by atoms with van der Waals surface area (Å²) in [6.45, 7) is 1.70. The number of sulfonamides is 1. The van der Waals surface area contributed by atoms with Crippen LogP contribution in [-0.4, -0.2) is 24.4 Å². The van der Waals surface area contributed by atoms with Gasteiger partial charge in [-0.1, -0.05) is 34.8 Å². The molecule has 3 N–H and O–H groups in total. The Kier molecular flexibility index (Phi) is 5.69. The average Bonchev–Trinajstić information content (AvgIpc) is 2.86. The molecule has 0 radical (unpaired) electrons. The Bertz CT molecular complexity index is 1220. The monoisotopic (exact) mass is 458 g/mol. The number of hydrogen-bond acceptors (Lipinski definition) is 4. The number of halogens is 3. The van der Waals surface area contributed by atoms with Crippen molar-refractivity contribution in [2.45, 2.75) is 11.8 Å². The van der Waals surface area contributed by atoms with Crippen molar-refractivity contribution in [3.63, 3.8) is 0 Å². The van der Waals surface area contributed by atoms with Crippen molar-refractivity contribution in [1.82, 2.24) is 9.78 Å². The van der Waals surface area contributed by atoms with Crippen molar-refractivity contribution in [3.05, 3.63) is 73.1 Å². The summed E-state index contributed by atoms with van der Waals surface area (Å²) in [5.74, 6) is 0. The molecule has 0 unspecified atom stereocenters. The molecule has 0 aliphatic rings. The Morgan fingerprint density at radius 1 is 1.11 bits per heavy atom. The summed E-state index contributed by atoms with van der Waals surface area (Å²) in [5.41, 5.74) is 1.14. The molecule has 1 heterocycles. The van der Waals surface area contributed by atoms with E-state index in [9.17, 15) is 13.2 Å². The average molecular weight is 460 g/mol. The second-order valence-corrected chi connectivity index (χ2v) is 8.62. The van der Waals surface area contributed by atoms with Gasteiger partial charge in [0.15, 0.2) is 0 Å². The lowest BCUT2D eigenvalue weighted by Gasteiger charge is -2.07. The number of aromatic nitrogens is 2. The third-order valence-corrected chi connectivity index (χ3v) is 5.55. The Morgan fingerprint density at radius 2 is 1.68 bits per heavy atom. The summed E-state index contributed by atoms with van der Waals surface area (Å²) in [5, 5.41) is 8.73. The molecule has 3 rings (SSSR count). The second-order valence-electron chi connectivity index (χ2n) is 5.81. The van der Waals surface area contributed by atoms with Crippen LogP contribution in [0.25, 0.3) is 5.69 Å². The van der Waals surface area contributed by atoms with Gasteiger partial charge in [0.1, 0.15) is 5.69 Å². The van der Waals surface area contributed by atoms with Gasteiger partial charge >= 0.3 is 0 Å². The number of rotatable bonds is 4. The maximum Gasteiger partial charge on any atom is 0.280 e. The van der Waals surface area contributed by atoms with Gasteiger partial charge in [-0.25, -0.2) is 18.2 Å². The van der Waals surface area contributed by atoms with E-state index in [2.05, 4.69) is 10.1 Å². The van der Waals surface area contributed by atoms with Crippen molar-refractivity contribution < 1.29 is 8.42 Å². The fraction of sp³-hybridized carbons (Fsp3) is 0.0588. The fourth-order valence-electron chi connectivity index (χ4n) is 2.48. The van der Waals surface area contributed by atoms with E-state index in [4.69, 9.17) is 39.9 Å². The first kappa shape index (κ1) is 20.6. The van der Waals surface area contributed by atoms with Gasteiger partial charge in [0.2, 0.25) is 10.0 Å². The van der Waals surface area contributed by atoms with Crippen LogP contribution in [0.15, 0.2) is 51.1 Å². The number of nitrogens with one attached hydrogen (secondary N) is 1. The molecule has 0 saturated heterocycles. The highest BCUT2D eigenvalue weighted by Crippen LogP contribution is 2.31. The molecule has 0 bridgehead atoms. The Balaban J connectivity index is 2.00. The van der Waals surface area contributed by atoms with Crippen LogP contribution in [-0.2, 0) is 10.0 Å². The lowest BCUT2D eigenvalue weighted by Crippen LogP contribution is -2.18. The summed E-state index contributed by atoms with van der Waals surface area (Å²) in [6.07, 6.45) is 1.37. The Morgan fingerprint density at radius 3 is 2.21 bits per heavy atom. The zero-order chi connectivity index (χ0) is 20.6. The zero-order valence-electron chi connectivity index (χ0n) is 14.3. The molecular formula is C17H13Cl3N4O3S. The SMILES string of the molecule is Cc1[nH]n(-c2c(Cl)cc(Cl)cc2Cl)c(=O)c1C=Nc1ccc(S(N)(=O)=O)cc1. The lowest BCUT2D eigenvalue weighted by molar-refractivity contribution is 0.598. The summed E-state index contributed by atoms with van der Waals surface area (Å²) in [7, 11) is -3.78. The van der Waals surface area contributed by atoms with E-state index < -0.39 is 15.6 Å². The molecule has 3 aromatic rings. The van der Waals surface area contributed by atoms with Crippen molar-refractivity contribution >= 4 is 56.7 Å². The molecule has 0 atom stereocenters. The standard InChI is InChI=1S/C17H13Cl3N4O3S/c1-9-13(8-22-11-2-4-12(5-3-11)28(21,26)27)17(25)24(23-9)16-14(19)6-10(18)7-15(16)20/h2-8,23H,1H3,(H2,21,26,27). The molecule has 0 amide bonds. The first-order valence-corrected chi connectivity index (χ1v) is 10.4. The molecule has 0 aliphatic heterocycles. The van der Waals surface area contributed by atoms with Crippen LogP contribution in [0.4, 0.5) is 5.69 Å². The summed E-state index contributed by atoms with van der Waals surface area (Å²) in [4.78, 5) is 17.0. The molecule has 0 spiro atoms. The summed E-state index contributed by atoms with van der Waals surface area (Å²) in [6, 6.07) is 8.57. The molecule has 146 valence electrons. The first-order chi connectivity index (χ1) is 13.1. The molecule has 0 fully saturated rings. The van der Waals surface area contributed by atoms with E-state index in [-0.39, 0.29) is 26.2 Å². The van der Waals surface area contributed by atoms with Crippen LogP contribution in [0.3, 0.4) is 0 Å². The van der Waals surface area contributed by atoms with E-state index >= 15 is 0 Å². The second kappa shape index (κ2) is 7.73. The molecule has 1 aromatic heterocycles. The highest BCUT2D eigenvalue weighted by atomic mass is 35.5. The largest absolute Gasteiger partial charge is 0.295 e. The van der Waals surface area contributed by atoms with Crippen molar-refractivity contribution in [1.29, 1.82) is 0 Å². The smallest absolute Gasteiger partial charge is 0.280 e. The van der Waals surface area contributed by atoms with Crippen molar-refractivity contribution in [3.8, 4) is 5.69 Å². The molecule has 0 saturated carbocycles. The molecule has 11 heteroatoms. The van der Waals surface area contributed by atoms with Crippen molar-refractivity contribution in [2.24, 2.45) is 10.1 Å². The van der Waals surface area contributed by atoms with Gasteiger partial charge < -0.3 is 0 Å². The van der Waals surface area contributed by atoms with Crippen LogP contribution >= 0.6 is 34.8 Å². The highest BCUT2D eigenvalue weighted by molar-refractivity contribution is 7.89. The van der Waals surface area contributed by atoms with Gasteiger partial charge in [0, 0.05) is 16.9 Å². The molecule has 7 nitrogen and oxygen atoms in total. The number of nitrogens with two attached hydrogens (primary N) is 1. The van der Waals surface area contributed by atoms with Gasteiger partial charge in [-0.3, -0.25) is 14.9 Å². The normalized spacial score (nSPS) is 12.0. The summed E-state index contributed by atoms with van der Waals surface area (Å²) >= 11 is 18.3. The maximum atomic E-state index is 12.8. The Labute approximate surface area is 175 Å². The van der Waals surface area contributed by atoms with Crippen LogP contribution in [0.2, 0.25) is 15.1 Å². The highest BCUT2D eigenvalue weighted by Gasteiger charge is 2.16. The predicted octanol–water partition coefficient (Wildman–Crippen LogP) is 3.83. The van der Waals surface area contributed by atoms with E-state index in [1.165, 1.54) is 47.3 Å². The number of aryl methyl sites for hydroxylation is 1. The topological polar surface area (TPSA) is 110 Å². The Hall–Kier alpha value is -2.10. The van der Waals surface area contributed by atoms with Gasteiger partial charge in [-0.2, -0.15) is 0 Å². The number of H-pyrrole nitrogens is 1. The number of nitrogens with zero attached hydrogens (tertiary/aromatic N) is 2. The van der Waals surface area contributed by atoms with Crippen LogP contribution in [0.5, 0.6) is 0 Å². The number of benzene rings is 2. The fourth-order valence-corrected chi connectivity index (χ4v) is 3.98. The van der Waals surface area contributed by atoms with E-state index in [0.29, 0.717) is 16.4 Å². The van der Waals surface area contributed by atoms with Crippen LogP contribution in [0.1, 0.15) is 11.3 Å². The zero-order valence-corrected chi connectivity index (χ0v) is 17.4. The number of hydrogen-bond donors (Lipinski definition) is 2. The predicted molar refractivity (Wildman–Crippen MR) is 111 cm³/mol. The maximum absolute atomic E-state index is 12.8. The number of aromatic amines is 1. The lowest BCUT2D eigenvalue weighted by atomic mass is 10.2. The summed E-state index contributed by atoms with van der Waals surface area (Å²) < 4.78 is 23.8. The minimum absolute atomic E-state index is 0.0290. The van der Waals surface area contributed by atoms with Gasteiger partial charge in [0.25, 0.3) is 5.56 Å². The molecule has 28 heavy (non-hydrogen) atoms. The van der Waals surface area contributed by atoms with Crippen LogP contribution < -0.4 is 10.7 Å². The van der Waals surface area contributed by atoms with Crippen molar-refractivity contribution in [2.75, 3.05) is 0 Å². The van der Waals surface area contributed by atoms with Gasteiger partial charge in [-0.15, -0.1) is 0 Å². The van der Waals surface area contributed by atoms with Crippen LogP contribution in [0, 0.1) is 6.92 Å². The van der Waals surface area contributed by atoms with E-state index in [1.807, 2.05) is 0 Å². The minimum Gasteiger partial charge on any atom is -0.295 e. The number of primary sulfonamides is 1. The van der Waals surface area contributed by atoms with Gasteiger partial charge in [-0.05, 0) is 43.3 Å². The quantitative estimate of drug-likeness (QED) is 0.578. The molecule has 0 aliphatic carbocycles. The molecular weight excluding hydrogens is 447 g/mol.